The molecule has 1 aromatic carbocycles. The molecule has 24 heavy (non-hydrogen) atoms. The zero-order chi connectivity index (χ0) is 16.5. The van der Waals surface area contributed by atoms with Crippen LogP contribution in [0.25, 0.3) is 22.9 Å². The van der Waals surface area contributed by atoms with Gasteiger partial charge in [0.2, 0.25) is 0 Å². The van der Waals surface area contributed by atoms with E-state index in [1.165, 1.54) is 0 Å². The standard InChI is InChI=1S/C17H19N5O2/c1-10(18-2)9-14-19-16(23-21-14)12-5-7-13(8-6-12)17-20-15(22-24-17)11-3-4-11/h5-8,10-11,18H,3-4,9H2,1-2H3. The second-order valence-corrected chi connectivity index (χ2v) is 6.22. The number of hydrogen-bond acceptors (Lipinski definition) is 7. The van der Waals surface area contributed by atoms with Crippen molar-refractivity contribution < 1.29 is 9.05 Å². The van der Waals surface area contributed by atoms with Crippen LogP contribution in [0.4, 0.5) is 0 Å². The molecule has 0 saturated heterocycles. The van der Waals surface area contributed by atoms with Gasteiger partial charge in [0.15, 0.2) is 11.6 Å². The molecule has 1 aliphatic carbocycles. The minimum Gasteiger partial charge on any atom is -0.334 e. The third kappa shape index (κ3) is 3.07. The molecule has 3 aromatic rings. The van der Waals surface area contributed by atoms with Gasteiger partial charge in [-0.3, -0.25) is 0 Å². The van der Waals surface area contributed by atoms with Crippen LogP contribution in [0, 0.1) is 0 Å². The smallest absolute Gasteiger partial charge is 0.257 e. The van der Waals surface area contributed by atoms with Crippen molar-refractivity contribution in [3.05, 3.63) is 35.9 Å². The quantitative estimate of drug-likeness (QED) is 0.745. The lowest BCUT2D eigenvalue weighted by molar-refractivity contribution is 0.418. The summed E-state index contributed by atoms with van der Waals surface area (Å²) in [6.07, 6.45) is 3.04. The number of likely N-dealkylation sites (N-methyl/N-ethyl adjacent to an activating group) is 1. The van der Waals surface area contributed by atoms with Crippen LogP contribution in [0.2, 0.25) is 0 Å². The van der Waals surface area contributed by atoms with E-state index in [1.54, 1.807) is 0 Å². The fraction of sp³-hybridized carbons (Fsp3) is 0.412. The average molecular weight is 325 g/mol. The van der Waals surface area contributed by atoms with E-state index in [0.29, 0.717) is 29.6 Å². The highest BCUT2D eigenvalue weighted by Crippen LogP contribution is 2.38. The molecule has 7 nitrogen and oxygen atoms in total. The van der Waals surface area contributed by atoms with Crippen molar-refractivity contribution in [2.45, 2.75) is 38.1 Å². The maximum absolute atomic E-state index is 5.35. The zero-order valence-corrected chi connectivity index (χ0v) is 13.7. The van der Waals surface area contributed by atoms with Crippen LogP contribution < -0.4 is 5.32 Å². The van der Waals surface area contributed by atoms with Crippen molar-refractivity contribution >= 4 is 0 Å². The first-order valence-corrected chi connectivity index (χ1v) is 8.17. The SMILES string of the molecule is CNC(C)Cc1noc(-c2ccc(-c3nc(C4CC4)no3)cc2)n1. The van der Waals surface area contributed by atoms with Crippen LogP contribution in [0.15, 0.2) is 33.3 Å². The lowest BCUT2D eigenvalue weighted by Crippen LogP contribution is -2.24. The molecule has 124 valence electrons. The summed E-state index contributed by atoms with van der Waals surface area (Å²) in [6.45, 7) is 2.07. The van der Waals surface area contributed by atoms with Crippen molar-refractivity contribution in [2.75, 3.05) is 7.05 Å². The fourth-order valence-corrected chi connectivity index (χ4v) is 2.44. The highest BCUT2D eigenvalue weighted by atomic mass is 16.5. The molecule has 0 amide bonds. The molecule has 0 spiro atoms. The summed E-state index contributed by atoms with van der Waals surface area (Å²) in [5.41, 5.74) is 1.76. The molecule has 1 atom stereocenters. The van der Waals surface area contributed by atoms with Gasteiger partial charge in [-0.15, -0.1) is 0 Å². The van der Waals surface area contributed by atoms with Gasteiger partial charge in [-0.2, -0.15) is 9.97 Å². The Hall–Kier alpha value is -2.54. The van der Waals surface area contributed by atoms with Crippen LogP contribution in [-0.4, -0.2) is 33.4 Å². The number of rotatable bonds is 6. The summed E-state index contributed by atoms with van der Waals surface area (Å²) in [4.78, 5) is 8.89. The predicted octanol–water partition coefficient (Wildman–Crippen LogP) is 2.81. The summed E-state index contributed by atoms with van der Waals surface area (Å²) < 4.78 is 10.7. The van der Waals surface area contributed by atoms with E-state index >= 15 is 0 Å². The van der Waals surface area contributed by atoms with Gasteiger partial charge in [-0.05, 0) is 51.1 Å². The maximum Gasteiger partial charge on any atom is 0.257 e. The average Bonchev–Trinajstić information content (AvgIpc) is 3.16. The van der Waals surface area contributed by atoms with E-state index in [9.17, 15) is 0 Å². The Bertz CT molecular complexity index is 820. The fourth-order valence-electron chi connectivity index (χ4n) is 2.44. The number of hydrogen-bond donors (Lipinski definition) is 1. The number of benzene rings is 1. The van der Waals surface area contributed by atoms with Crippen LogP contribution >= 0.6 is 0 Å². The second-order valence-electron chi connectivity index (χ2n) is 6.22. The minimum absolute atomic E-state index is 0.302. The molecule has 1 aliphatic rings. The number of nitrogens with one attached hydrogen (secondary N) is 1. The van der Waals surface area contributed by atoms with Gasteiger partial charge >= 0.3 is 0 Å². The molecule has 1 unspecified atom stereocenters. The van der Waals surface area contributed by atoms with E-state index < -0.39 is 0 Å². The molecule has 2 aromatic heterocycles. The molecule has 2 heterocycles. The van der Waals surface area contributed by atoms with Gasteiger partial charge in [0.05, 0.1) is 0 Å². The highest BCUT2D eigenvalue weighted by Gasteiger charge is 2.29. The molecule has 1 saturated carbocycles. The molecular weight excluding hydrogens is 306 g/mol. The van der Waals surface area contributed by atoms with Gasteiger partial charge in [-0.25, -0.2) is 0 Å². The van der Waals surface area contributed by atoms with Crippen LogP contribution in [-0.2, 0) is 6.42 Å². The zero-order valence-electron chi connectivity index (χ0n) is 13.7. The number of nitrogens with zero attached hydrogens (tertiary/aromatic N) is 4. The molecular formula is C17H19N5O2. The topological polar surface area (TPSA) is 89.9 Å². The predicted molar refractivity (Wildman–Crippen MR) is 87.2 cm³/mol. The van der Waals surface area contributed by atoms with Crippen LogP contribution in [0.1, 0.15) is 37.3 Å². The lowest BCUT2D eigenvalue weighted by Gasteiger charge is -2.04. The summed E-state index contributed by atoms with van der Waals surface area (Å²) in [7, 11) is 1.91. The van der Waals surface area contributed by atoms with Gasteiger partial charge < -0.3 is 14.4 Å². The molecule has 7 heteroatoms. The van der Waals surface area contributed by atoms with E-state index in [-0.39, 0.29) is 0 Å². The van der Waals surface area contributed by atoms with E-state index in [1.807, 2.05) is 31.3 Å². The van der Waals surface area contributed by atoms with Crippen LogP contribution in [0.3, 0.4) is 0 Å². The van der Waals surface area contributed by atoms with Gasteiger partial charge in [0, 0.05) is 29.5 Å². The first-order valence-electron chi connectivity index (χ1n) is 8.17. The molecule has 1 N–H and O–H groups in total. The van der Waals surface area contributed by atoms with Gasteiger partial charge in [-0.1, -0.05) is 10.3 Å². The summed E-state index contributed by atoms with van der Waals surface area (Å²) in [5.74, 6) is 3.07. The Morgan fingerprint density at radius 1 is 1.04 bits per heavy atom. The van der Waals surface area contributed by atoms with Gasteiger partial charge in [0.25, 0.3) is 11.8 Å². The van der Waals surface area contributed by atoms with E-state index in [0.717, 1.165) is 36.2 Å². The summed E-state index contributed by atoms with van der Waals surface area (Å²) in [5, 5.41) is 11.2. The number of aromatic nitrogens is 4. The first kappa shape index (κ1) is 15.0. The third-order valence-corrected chi connectivity index (χ3v) is 4.21. The summed E-state index contributed by atoms with van der Waals surface area (Å²) in [6, 6.07) is 8.01. The van der Waals surface area contributed by atoms with Crippen molar-refractivity contribution in [1.82, 2.24) is 25.6 Å². The maximum atomic E-state index is 5.35. The van der Waals surface area contributed by atoms with Crippen molar-refractivity contribution in [3.63, 3.8) is 0 Å². The van der Waals surface area contributed by atoms with Gasteiger partial charge in [0.1, 0.15) is 0 Å². The Kier molecular flexibility index (Phi) is 3.86. The highest BCUT2D eigenvalue weighted by molar-refractivity contribution is 5.61. The Morgan fingerprint density at radius 2 is 1.67 bits per heavy atom. The molecule has 4 rings (SSSR count). The monoisotopic (exact) mass is 325 g/mol. The lowest BCUT2D eigenvalue weighted by atomic mass is 10.1. The Morgan fingerprint density at radius 3 is 2.29 bits per heavy atom. The first-order chi connectivity index (χ1) is 11.7. The largest absolute Gasteiger partial charge is 0.334 e. The molecule has 0 bridgehead atoms. The van der Waals surface area contributed by atoms with E-state index in [2.05, 4.69) is 32.5 Å². The van der Waals surface area contributed by atoms with E-state index in [4.69, 9.17) is 9.05 Å². The minimum atomic E-state index is 0.302. The van der Waals surface area contributed by atoms with Crippen molar-refractivity contribution in [3.8, 4) is 22.9 Å². The second kappa shape index (κ2) is 6.16. The molecule has 0 radical (unpaired) electrons. The Balaban J connectivity index is 1.50. The Labute approximate surface area is 139 Å². The molecule has 1 fully saturated rings. The van der Waals surface area contributed by atoms with Crippen LogP contribution in [0.5, 0.6) is 0 Å². The molecule has 0 aliphatic heterocycles. The normalized spacial score (nSPS) is 15.6. The third-order valence-electron chi connectivity index (χ3n) is 4.21. The van der Waals surface area contributed by atoms with Crippen molar-refractivity contribution in [1.29, 1.82) is 0 Å². The summed E-state index contributed by atoms with van der Waals surface area (Å²) >= 11 is 0. The van der Waals surface area contributed by atoms with Crippen molar-refractivity contribution in [2.24, 2.45) is 0 Å².